The average Bonchev–Trinajstić information content (AvgIpc) is 2.72. The van der Waals surface area contributed by atoms with Crippen molar-refractivity contribution in [1.29, 1.82) is 0 Å². The van der Waals surface area contributed by atoms with Crippen LogP contribution < -0.4 is 5.32 Å². The van der Waals surface area contributed by atoms with Crippen molar-refractivity contribution in [2.75, 3.05) is 20.3 Å². The van der Waals surface area contributed by atoms with Crippen molar-refractivity contribution in [3.05, 3.63) is 0 Å². The van der Waals surface area contributed by atoms with E-state index in [1.165, 1.54) is 0 Å². The summed E-state index contributed by atoms with van der Waals surface area (Å²) < 4.78 is 6.94. The Bertz CT molecular complexity index is 363. The summed E-state index contributed by atoms with van der Waals surface area (Å²) in [5.41, 5.74) is 0.118. The molecule has 1 atom stereocenters. The zero-order valence-corrected chi connectivity index (χ0v) is 13.3. The van der Waals surface area contributed by atoms with Crippen LogP contribution in [0.25, 0.3) is 0 Å². The van der Waals surface area contributed by atoms with Crippen LogP contribution in [0, 0.1) is 0 Å². The molecule has 0 bridgehead atoms. The summed E-state index contributed by atoms with van der Waals surface area (Å²) in [6.07, 6.45) is 0.994. The molecule has 0 fully saturated rings. The fourth-order valence-electron chi connectivity index (χ4n) is 1.48. The van der Waals surface area contributed by atoms with Gasteiger partial charge in [-0.25, -0.2) is 4.68 Å². The minimum atomic E-state index is 0.118. The summed E-state index contributed by atoms with van der Waals surface area (Å²) in [5.74, 6) is 0. The number of hydrogen-bond acceptors (Lipinski definition) is 6. The molecule has 0 aliphatic rings. The summed E-state index contributed by atoms with van der Waals surface area (Å²) >= 11 is 1.69. The van der Waals surface area contributed by atoms with Gasteiger partial charge in [-0.3, -0.25) is 0 Å². The largest absolute Gasteiger partial charge is 0.385 e. The molecule has 1 aromatic heterocycles. The maximum absolute atomic E-state index is 5.08. The van der Waals surface area contributed by atoms with Crippen LogP contribution in [-0.4, -0.2) is 51.3 Å². The second-order valence-electron chi connectivity index (χ2n) is 5.57. The monoisotopic (exact) mass is 287 g/mol. The minimum Gasteiger partial charge on any atom is -0.385 e. The van der Waals surface area contributed by atoms with Gasteiger partial charge in [0, 0.05) is 31.1 Å². The van der Waals surface area contributed by atoms with Crippen molar-refractivity contribution in [3.63, 3.8) is 0 Å². The van der Waals surface area contributed by atoms with E-state index in [2.05, 4.69) is 48.5 Å². The standard InChI is InChI=1S/C12H25N5OS/c1-10(6-9-18-5)19-11-14-15-16-17(11)8-7-13-12(2,3)4/h10,13H,6-9H2,1-5H3. The highest BCUT2D eigenvalue weighted by atomic mass is 32.2. The fourth-order valence-corrected chi connectivity index (χ4v) is 2.39. The lowest BCUT2D eigenvalue weighted by Crippen LogP contribution is -2.38. The molecule has 0 spiro atoms. The van der Waals surface area contributed by atoms with Crippen LogP contribution >= 0.6 is 11.8 Å². The third kappa shape index (κ3) is 6.89. The van der Waals surface area contributed by atoms with Crippen LogP contribution in [0.3, 0.4) is 0 Å². The normalized spacial score (nSPS) is 13.7. The maximum atomic E-state index is 5.08. The molecule has 1 N–H and O–H groups in total. The smallest absolute Gasteiger partial charge is 0.209 e. The molecule has 7 heteroatoms. The number of nitrogens with zero attached hydrogens (tertiary/aromatic N) is 4. The van der Waals surface area contributed by atoms with Gasteiger partial charge in [0.25, 0.3) is 0 Å². The SMILES string of the molecule is COCCC(C)Sc1nnnn1CCNC(C)(C)C. The van der Waals surface area contributed by atoms with E-state index in [1.54, 1.807) is 18.9 Å². The zero-order chi connectivity index (χ0) is 14.3. The van der Waals surface area contributed by atoms with Gasteiger partial charge in [0.1, 0.15) is 0 Å². The third-order valence-electron chi connectivity index (χ3n) is 2.51. The molecule has 0 radical (unpaired) electrons. The fraction of sp³-hybridized carbons (Fsp3) is 0.917. The Morgan fingerprint density at radius 3 is 2.79 bits per heavy atom. The van der Waals surface area contributed by atoms with Crippen LogP contribution in [0.15, 0.2) is 5.16 Å². The number of methoxy groups -OCH3 is 1. The van der Waals surface area contributed by atoms with E-state index in [1.807, 2.05) is 4.68 Å². The number of aromatic nitrogens is 4. The van der Waals surface area contributed by atoms with E-state index in [4.69, 9.17) is 4.74 Å². The maximum Gasteiger partial charge on any atom is 0.209 e. The van der Waals surface area contributed by atoms with E-state index in [0.717, 1.165) is 31.3 Å². The first-order valence-corrected chi connectivity index (χ1v) is 7.47. The Morgan fingerprint density at radius 1 is 1.42 bits per heavy atom. The number of tetrazole rings is 1. The van der Waals surface area contributed by atoms with Crippen LogP contribution in [0.4, 0.5) is 0 Å². The second-order valence-corrected chi connectivity index (χ2v) is 6.98. The molecule has 19 heavy (non-hydrogen) atoms. The molecule has 0 saturated carbocycles. The number of thioether (sulfide) groups is 1. The van der Waals surface area contributed by atoms with E-state index in [9.17, 15) is 0 Å². The zero-order valence-electron chi connectivity index (χ0n) is 12.5. The number of hydrogen-bond donors (Lipinski definition) is 1. The van der Waals surface area contributed by atoms with E-state index in [0.29, 0.717) is 5.25 Å². The van der Waals surface area contributed by atoms with Crippen LogP contribution in [-0.2, 0) is 11.3 Å². The third-order valence-corrected chi connectivity index (χ3v) is 3.65. The Balaban J connectivity index is 2.41. The quantitative estimate of drug-likeness (QED) is 0.732. The van der Waals surface area contributed by atoms with Gasteiger partial charge in [-0.1, -0.05) is 18.7 Å². The summed E-state index contributed by atoms with van der Waals surface area (Å²) in [4.78, 5) is 0. The van der Waals surface area contributed by atoms with Crippen molar-refractivity contribution < 1.29 is 4.74 Å². The van der Waals surface area contributed by atoms with Crippen molar-refractivity contribution in [1.82, 2.24) is 25.5 Å². The molecule has 0 aromatic carbocycles. The second kappa shape index (κ2) is 7.81. The molecule has 0 amide bonds. The molecule has 0 aliphatic carbocycles. The van der Waals surface area contributed by atoms with E-state index < -0.39 is 0 Å². The van der Waals surface area contributed by atoms with Gasteiger partial charge in [-0.2, -0.15) is 0 Å². The van der Waals surface area contributed by atoms with Crippen molar-refractivity contribution in [2.45, 2.75) is 56.6 Å². The highest BCUT2D eigenvalue weighted by molar-refractivity contribution is 7.99. The number of rotatable bonds is 8. The predicted octanol–water partition coefficient (Wildman–Crippen LogP) is 1.58. The van der Waals surface area contributed by atoms with Gasteiger partial charge in [0.15, 0.2) is 0 Å². The average molecular weight is 287 g/mol. The van der Waals surface area contributed by atoms with Crippen molar-refractivity contribution in [3.8, 4) is 0 Å². The Hall–Kier alpha value is -0.660. The highest BCUT2D eigenvalue weighted by Crippen LogP contribution is 2.22. The van der Waals surface area contributed by atoms with Gasteiger partial charge in [-0.15, -0.1) is 5.10 Å². The van der Waals surface area contributed by atoms with Crippen LogP contribution in [0.2, 0.25) is 0 Å². The number of nitrogens with one attached hydrogen (secondary N) is 1. The van der Waals surface area contributed by atoms with Gasteiger partial charge >= 0.3 is 0 Å². The molecular formula is C12H25N5OS. The molecule has 110 valence electrons. The Kier molecular flexibility index (Phi) is 6.74. The molecule has 0 aliphatic heterocycles. The van der Waals surface area contributed by atoms with Crippen molar-refractivity contribution >= 4 is 11.8 Å². The molecular weight excluding hydrogens is 262 g/mol. The van der Waals surface area contributed by atoms with Crippen molar-refractivity contribution in [2.24, 2.45) is 0 Å². The summed E-state index contributed by atoms with van der Waals surface area (Å²) in [5, 5.41) is 16.6. The Morgan fingerprint density at radius 2 is 2.16 bits per heavy atom. The molecule has 1 unspecified atom stereocenters. The van der Waals surface area contributed by atoms with Gasteiger partial charge in [0.2, 0.25) is 5.16 Å². The van der Waals surface area contributed by atoms with Gasteiger partial charge in [0.05, 0.1) is 6.54 Å². The molecule has 0 saturated heterocycles. The topological polar surface area (TPSA) is 64.9 Å². The first-order valence-electron chi connectivity index (χ1n) is 6.59. The first kappa shape index (κ1) is 16.4. The van der Waals surface area contributed by atoms with Gasteiger partial charge in [-0.05, 0) is 37.6 Å². The molecule has 1 aromatic rings. The molecule has 1 heterocycles. The lowest BCUT2D eigenvalue weighted by molar-refractivity contribution is 0.195. The lowest BCUT2D eigenvalue weighted by atomic mass is 10.1. The summed E-state index contributed by atoms with van der Waals surface area (Å²) in [7, 11) is 1.72. The summed E-state index contributed by atoms with van der Waals surface area (Å²) in [6.45, 7) is 11.0. The predicted molar refractivity (Wildman–Crippen MR) is 77.4 cm³/mol. The number of ether oxygens (including phenoxy) is 1. The Labute approximate surface area is 119 Å². The van der Waals surface area contributed by atoms with E-state index >= 15 is 0 Å². The first-order chi connectivity index (χ1) is 8.92. The highest BCUT2D eigenvalue weighted by Gasteiger charge is 2.13. The van der Waals surface area contributed by atoms with Crippen LogP contribution in [0.1, 0.15) is 34.1 Å². The van der Waals surface area contributed by atoms with Crippen LogP contribution in [0.5, 0.6) is 0 Å². The minimum absolute atomic E-state index is 0.118. The lowest BCUT2D eigenvalue weighted by Gasteiger charge is -2.20. The molecule has 6 nitrogen and oxygen atoms in total. The van der Waals surface area contributed by atoms with Gasteiger partial charge < -0.3 is 10.1 Å². The molecule has 1 rings (SSSR count). The van der Waals surface area contributed by atoms with E-state index in [-0.39, 0.29) is 5.54 Å². The summed E-state index contributed by atoms with van der Waals surface area (Å²) in [6, 6.07) is 0.